The van der Waals surface area contributed by atoms with Gasteiger partial charge >= 0.3 is 0 Å². The van der Waals surface area contributed by atoms with Gasteiger partial charge in [0, 0.05) is 12.4 Å². The number of nitrogens with zero attached hydrogens (tertiary/aromatic N) is 3. The monoisotopic (exact) mass is 254 g/mol. The highest BCUT2D eigenvalue weighted by atomic mass is 79.9. The first kappa shape index (κ1) is 9.14. The lowest BCUT2D eigenvalue weighted by atomic mass is 10.4. The maximum Gasteiger partial charge on any atom is 0.271 e. The second kappa shape index (κ2) is 3.06. The molecule has 0 saturated heterocycles. The smallest absolute Gasteiger partial charge is 0.271 e. The molecule has 0 spiro atoms. The van der Waals surface area contributed by atoms with Crippen molar-refractivity contribution in [2.75, 3.05) is 0 Å². The molecule has 0 aromatic carbocycles. The maximum atomic E-state index is 11.1. The highest BCUT2D eigenvalue weighted by Gasteiger charge is 2.12. The summed E-state index contributed by atoms with van der Waals surface area (Å²) in [6, 6.07) is 0. The Morgan fingerprint density at radius 2 is 2.21 bits per heavy atom. The maximum absolute atomic E-state index is 11.1. The summed E-state index contributed by atoms with van der Waals surface area (Å²) in [7, 11) is 0. The van der Waals surface area contributed by atoms with Gasteiger partial charge < -0.3 is 10.1 Å². The molecule has 2 aromatic heterocycles. The van der Waals surface area contributed by atoms with Gasteiger partial charge in [0.1, 0.15) is 4.60 Å². The number of hydrogen-bond donors (Lipinski definition) is 1. The topological polar surface area (TPSA) is 73.3 Å². The van der Waals surface area contributed by atoms with E-state index >= 15 is 0 Å². The molecule has 2 N–H and O–H groups in total. The number of halogens is 1. The van der Waals surface area contributed by atoms with Gasteiger partial charge in [0.2, 0.25) is 0 Å². The Balaban J connectivity index is 2.85. The summed E-state index contributed by atoms with van der Waals surface area (Å²) in [5, 5.41) is 0. The van der Waals surface area contributed by atoms with Crippen LogP contribution in [-0.4, -0.2) is 20.3 Å². The third-order valence-electron chi connectivity index (χ3n) is 1.76. The molecule has 0 unspecified atom stereocenters. The first-order valence-electron chi connectivity index (χ1n) is 3.89. The third kappa shape index (κ3) is 1.37. The van der Waals surface area contributed by atoms with Gasteiger partial charge in [0.15, 0.2) is 11.3 Å². The number of amides is 1. The fraction of sp³-hybridized carbons (Fsp3) is 0.125. The molecule has 0 bridgehead atoms. The van der Waals surface area contributed by atoms with Crippen LogP contribution in [0.2, 0.25) is 0 Å². The zero-order valence-electron chi connectivity index (χ0n) is 7.36. The lowest BCUT2D eigenvalue weighted by molar-refractivity contribution is 0.0996. The lowest BCUT2D eigenvalue weighted by Crippen LogP contribution is -2.15. The van der Waals surface area contributed by atoms with Gasteiger partial charge in [-0.3, -0.25) is 4.79 Å². The van der Waals surface area contributed by atoms with E-state index in [2.05, 4.69) is 25.9 Å². The van der Waals surface area contributed by atoms with E-state index in [0.29, 0.717) is 10.3 Å². The lowest BCUT2D eigenvalue weighted by Gasteiger charge is -1.99. The summed E-state index contributed by atoms with van der Waals surface area (Å²) >= 11 is 3.19. The number of aryl methyl sites for hydroxylation is 1. The van der Waals surface area contributed by atoms with Crippen LogP contribution in [0.4, 0.5) is 0 Å². The van der Waals surface area contributed by atoms with Crippen molar-refractivity contribution in [3.8, 4) is 0 Å². The number of imidazole rings is 1. The molecule has 0 radical (unpaired) electrons. The normalized spacial score (nSPS) is 10.7. The average molecular weight is 255 g/mol. The van der Waals surface area contributed by atoms with Crippen molar-refractivity contribution in [2.24, 2.45) is 5.73 Å². The van der Waals surface area contributed by atoms with E-state index in [-0.39, 0.29) is 5.69 Å². The van der Waals surface area contributed by atoms with Gasteiger partial charge in [-0.1, -0.05) is 0 Å². The van der Waals surface area contributed by atoms with Gasteiger partial charge in [-0.25, -0.2) is 9.97 Å². The predicted molar refractivity (Wildman–Crippen MR) is 53.9 cm³/mol. The van der Waals surface area contributed by atoms with Gasteiger partial charge in [0.05, 0.1) is 5.69 Å². The molecule has 0 saturated carbocycles. The van der Waals surface area contributed by atoms with Crippen LogP contribution in [0.25, 0.3) is 5.65 Å². The van der Waals surface area contributed by atoms with Crippen molar-refractivity contribution in [3.05, 3.63) is 28.4 Å². The fourth-order valence-corrected chi connectivity index (χ4v) is 1.65. The van der Waals surface area contributed by atoms with E-state index in [1.165, 1.54) is 0 Å². The molecule has 0 aliphatic rings. The molecular formula is C8H7BrN4O. The summed E-state index contributed by atoms with van der Waals surface area (Å²) in [5.74, 6) is -0.582. The second-order valence-corrected chi connectivity index (χ2v) is 3.70. The van der Waals surface area contributed by atoms with Gasteiger partial charge in [-0.2, -0.15) is 0 Å². The number of nitrogens with two attached hydrogens (primary N) is 1. The van der Waals surface area contributed by atoms with Crippen molar-refractivity contribution in [3.63, 3.8) is 0 Å². The summed E-state index contributed by atoms with van der Waals surface area (Å²) < 4.78 is 2.27. The van der Waals surface area contributed by atoms with Crippen molar-refractivity contribution >= 4 is 27.5 Å². The van der Waals surface area contributed by atoms with Crippen LogP contribution in [0, 0.1) is 6.92 Å². The Hall–Kier alpha value is -1.43. The molecular weight excluding hydrogens is 248 g/mol. The Labute approximate surface area is 88.1 Å². The standard InChI is InChI=1S/C8H7BrN4O/c1-4-2-13-3-5(9)12-6(7(10)14)8(13)11-4/h2-3H,1H3,(H2,10,14). The number of hydrogen-bond acceptors (Lipinski definition) is 3. The van der Waals surface area contributed by atoms with Crippen LogP contribution >= 0.6 is 15.9 Å². The number of fused-ring (bicyclic) bond motifs is 1. The van der Waals surface area contributed by atoms with Crippen LogP contribution < -0.4 is 5.73 Å². The van der Waals surface area contributed by atoms with Crippen molar-refractivity contribution < 1.29 is 4.79 Å². The molecule has 2 aromatic rings. The van der Waals surface area contributed by atoms with E-state index in [1.54, 1.807) is 16.8 Å². The van der Waals surface area contributed by atoms with Gasteiger partial charge in [-0.05, 0) is 22.9 Å². The number of primary amides is 1. The minimum atomic E-state index is -0.582. The first-order valence-corrected chi connectivity index (χ1v) is 4.69. The van der Waals surface area contributed by atoms with Crippen molar-refractivity contribution in [1.29, 1.82) is 0 Å². The Morgan fingerprint density at radius 1 is 1.50 bits per heavy atom. The van der Waals surface area contributed by atoms with Crippen LogP contribution in [0.15, 0.2) is 17.0 Å². The first-order chi connectivity index (χ1) is 6.58. The summed E-state index contributed by atoms with van der Waals surface area (Å²) in [6.07, 6.45) is 3.52. The zero-order chi connectivity index (χ0) is 10.3. The minimum absolute atomic E-state index is 0.174. The van der Waals surface area contributed by atoms with Crippen molar-refractivity contribution in [2.45, 2.75) is 6.92 Å². The second-order valence-electron chi connectivity index (χ2n) is 2.89. The van der Waals surface area contributed by atoms with Gasteiger partial charge in [-0.15, -0.1) is 0 Å². The molecule has 0 aliphatic carbocycles. The molecule has 14 heavy (non-hydrogen) atoms. The van der Waals surface area contributed by atoms with E-state index in [9.17, 15) is 4.79 Å². The zero-order valence-corrected chi connectivity index (χ0v) is 8.95. The number of aromatic nitrogens is 3. The van der Waals surface area contributed by atoms with Crippen LogP contribution in [0.5, 0.6) is 0 Å². The number of carbonyl (C=O) groups excluding carboxylic acids is 1. The molecule has 0 atom stereocenters. The minimum Gasteiger partial charge on any atom is -0.364 e. The largest absolute Gasteiger partial charge is 0.364 e. The molecule has 1 amide bonds. The quantitative estimate of drug-likeness (QED) is 0.822. The Kier molecular flexibility index (Phi) is 1.99. The molecule has 0 fully saturated rings. The highest BCUT2D eigenvalue weighted by Crippen LogP contribution is 2.13. The predicted octanol–water partition coefficient (Wildman–Crippen LogP) is 0.899. The summed E-state index contributed by atoms with van der Waals surface area (Å²) in [5.41, 5.74) is 6.65. The fourth-order valence-electron chi connectivity index (χ4n) is 1.26. The van der Waals surface area contributed by atoms with E-state index in [0.717, 1.165) is 5.69 Å². The molecule has 0 aliphatic heterocycles. The summed E-state index contributed by atoms with van der Waals surface area (Å²) in [6.45, 7) is 1.84. The van der Waals surface area contributed by atoms with Crippen molar-refractivity contribution in [1.82, 2.24) is 14.4 Å². The van der Waals surface area contributed by atoms with E-state index in [1.807, 2.05) is 6.92 Å². The number of rotatable bonds is 1. The highest BCUT2D eigenvalue weighted by molar-refractivity contribution is 9.10. The van der Waals surface area contributed by atoms with E-state index in [4.69, 9.17) is 5.73 Å². The third-order valence-corrected chi connectivity index (χ3v) is 2.14. The van der Waals surface area contributed by atoms with Crippen LogP contribution in [-0.2, 0) is 0 Å². The average Bonchev–Trinajstić information content (AvgIpc) is 2.42. The number of carbonyl (C=O) groups is 1. The molecule has 5 nitrogen and oxygen atoms in total. The van der Waals surface area contributed by atoms with Gasteiger partial charge in [0.25, 0.3) is 5.91 Å². The molecule has 72 valence electrons. The SMILES string of the molecule is Cc1cn2cc(Br)nc(C(N)=O)c2n1. The molecule has 2 rings (SSSR count). The Bertz CT molecular complexity index is 519. The van der Waals surface area contributed by atoms with Crippen LogP contribution in [0.3, 0.4) is 0 Å². The molecule has 6 heteroatoms. The molecule has 2 heterocycles. The summed E-state index contributed by atoms with van der Waals surface area (Å²) in [4.78, 5) is 19.2. The van der Waals surface area contributed by atoms with E-state index < -0.39 is 5.91 Å². The Morgan fingerprint density at radius 3 is 2.86 bits per heavy atom. The van der Waals surface area contributed by atoms with Crippen LogP contribution in [0.1, 0.15) is 16.2 Å².